The molecule has 2 aromatic rings. The second-order valence-electron chi connectivity index (χ2n) is 7.92. The Balaban J connectivity index is 1.47. The number of amides is 4. The van der Waals surface area contributed by atoms with Gasteiger partial charge >= 0.3 is 6.03 Å². The van der Waals surface area contributed by atoms with E-state index in [2.05, 4.69) is 15.5 Å². The average Bonchev–Trinajstić information content (AvgIpc) is 3.39. The number of anilines is 2. The lowest BCUT2D eigenvalue weighted by atomic mass is 10.1. The minimum Gasteiger partial charge on any atom is -0.496 e. The van der Waals surface area contributed by atoms with Crippen LogP contribution in [-0.4, -0.2) is 49.5 Å². The van der Waals surface area contributed by atoms with Gasteiger partial charge in [0, 0.05) is 36.1 Å². The van der Waals surface area contributed by atoms with Crippen molar-refractivity contribution in [3.8, 4) is 5.75 Å². The van der Waals surface area contributed by atoms with Gasteiger partial charge in [-0.3, -0.25) is 9.59 Å². The van der Waals surface area contributed by atoms with Crippen molar-refractivity contribution in [2.45, 2.75) is 19.8 Å². The van der Waals surface area contributed by atoms with Gasteiger partial charge in [-0.25, -0.2) is 9.69 Å². The van der Waals surface area contributed by atoms with Crippen molar-refractivity contribution in [1.82, 2.24) is 10.2 Å². The number of nitrogens with zero attached hydrogens (tertiary/aromatic N) is 2. The zero-order valence-corrected chi connectivity index (χ0v) is 18.2. The number of aryl methyl sites for hydroxylation is 1. The number of hydrogen-bond donors (Lipinski definition) is 2. The summed E-state index contributed by atoms with van der Waals surface area (Å²) >= 11 is 0. The summed E-state index contributed by atoms with van der Waals surface area (Å²) in [4.78, 5) is 40.7. The molecule has 8 heteroatoms. The molecule has 4 rings (SSSR count). The largest absolute Gasteiger partial charge is 0.496 e. The highest BCUT2D eigenvalue weighted by Gasteiger charge is 2.35. The molecule has 0 aliphatic carbocycles. The Hall–Kier alpha value is -3.81. The monoisotopic (exact) mass is 434 g/mol. The lowest BCUT2D eigenvalue weighted by Gasteiger charge is -2.19. The number of urea groups is 1. The van der Waals surface area contributed by atoms with Crippen LogP contribution < -0.4 is 20.3 Å². The van der Waals surface area contributed by atoms with E-state index in [9.17, 15) is 14.4 Å². The Morgan fingerprint density at radius 1 is 1.16 bits per heavy atom. The van der Waals surface area contributed by atoms with Crippen LogP contribution in [0.1, 0.15) is 24.0 Å². The molecule has 0 aromatic heterocycles. The molecule has 32 heavy (non-hydrogen) atoms. The molecule has 0 spiro atoms. The van der Waals surface area contributed by atoms with Gasteiger partial charge < -0.3 is 20.3 Å². The van der Waals surface area contributed by atoms with Gasteiger partial charge in [-0.05, 0) is 55.7 Å². The fourth-order valence-electron chi connectivity index (χ4n) is 3.93. The molecule has 2 N–H and O–H groups in total. The van der Waals surface area contributed by atoms with E-state index in [4.69, 9.17) is 4.74 Å². The highest BCUT2D eigenvalue weighted by Crippen LogP contribution is 2.30. The molecule has 8 nitrogen and oxygen atoms in total. The Morgan fingerprint density at radius 3 is 2.66 bits per heavy atom. The molecular weight excluding hydrogens is 408 g/mol. The SMILES string of the molecule is COc1cc(N2CCCC2)ccc1/C=C1\NC(=O)N(CC(=O)Nc2cccc(C)c2)C1=O. The fourth-order valence-corrected chi connectivity index (χ4v) is 3.93. The number of ether oxygens (including phenoxy) is 1. The average molecular weight is 434 g/mol. The van der Waals surface area contributed by atoms with Crippen molar-refractivity contribution in [2.24, 2.45) is 0 Å². The molecule has 2 fully saturated rings. The summed E-state index contributed by atoms with van der Waals surface area (Å²) in [5.41, 5.74) is 3.45. The van der Waals surface area contributed by atoms with Crippen LogP contribution in [-0.2, 0) is 9.59 Å². The lowest BCUT2D eigenvalue weighted by molar-refractivity contribution is -0.127. The molecule has 2 aliphatic heterocycles. The van der Waals surface area contributed by atoms with Gasteiger partial charge in [0.25, 0.3) is 5.91 Å². The molecule has 2 aromatic carbocycles. The second kappa shape index (κ2) is 9.13. The number of imide groups is 1. The van der Waals surface area contributed by atoms with Crippen molar-refractivity contribution in [2.75, 3.05) is 37.0 Å². The standard InChI is InChI=1S/C24H26N4O4/c1-16-6-5-7-18(12-16)25-22(29)15-28-23(30)20(26-24(28)31)13-17-8-9-19(14-21(17)32-2)27-10-3-4-11-27/h5-9,12-14H,3-4,10-11,15H2,1-2H3,(H,25,29)(H,26,31)/b20-13-. The van der Waals surface area contributed by atoms with Crippen molar-refractivity contribution in [3.05, 3.63) is 59.3 Å². The van der Waals surface area contributed by atoms with Crippen LogP contribution in [0, 0.1) is 6.92 Å². The summed E-state index contributed by atoms with van der Waals surface area (Å²) in [5.74, 6) is -0.396. The molecule has 0 atom stereocenters. The number of methoxy groups -OCH3 is 1. The first-order valence-electron chi connectivity index (χ1n) is 10.6. The van der Waals surface area contributed by atoms with Gasteiger partial charge in [0.05, 0.1) is 7.11 Å². The number of benzene rings is 2. The van der Waals surface area contributed by atoms with Crippen molar-refractivity contribution in [1.29, 1.82) is 0 Å². The summed E-state index contributed by atoms with van der Waals surface area (Å²) in [5, 5.41) is 5.26. The van der Waals surface area contributed by atoms with Crippen LogP contribution >= 0.6 is 0 Å². The van der Waals surface area contributed by atoms with E-state index < -0.39 is 17.8 Å². The second-order valence-corrected chi connectivity index (χ2v) is 7.92. The normalized spacial score (nSPS) is 17.1. The lowest BCUT2D eigenvalue weighted by Crippen LogP contribution is -2.38. The molecule has 0 saturated carbocycles. The van der Waals surface area contributed by atoms with Crippen LogP contribution in [0.15, 0.2) is 48.2 Å². The van der Waals surface area contributed by atoms with Crippen LogP contribution in [0.3, 0.4) is 0 Å². The minimum absolute atomic E-state index is 0.102. The number of rotatable bonds is 6. The fraction of sp³-hybridized carbons (Fsp3) is 0.292. The van der Waals surface area contributed by atoms with Gasteiger partial charge in [-0.1, -0.05) is 12.1 Å². The molecule has 0 radical (unpaired) electrons. The minimum atomic E-state index is -0.631. The maximum atomic E-state index is 12.8. The molecule has 4 amide bonds. The summed E-state index contributed by atoms with van der Waals surface area (Å²) in [7, 11) is 1.57. The van der Waals surface area contributed by atoms with E-state index in [1.54, 1.807) is 19.3 Å². The predicted octanol–water partition coefficient (Wildman–Crippen LogP) is 3.14. The zero-order valence-electron chi connectivity index (χ0n) is 18.2. The first-order chi connectivity index (χ1) is 15.4. The van der Waals surface area contributed by atoms with E-state index in [1.807, 2.05) is 43.3 Å². The van der Waals surface area contributed by atoms with E-state index in [0.29, 0.717) is 17.0 Å². The summed E-state index contributed by atoms with van der Waals surface area (Å²) < 4.78 is 5.51. The molecule has 2 heterocycles. The van der Waals surface area contributed by atoms with Gasteiger partial charge in [-0.15, -0.1) is 0 Å². The van der Waals surface area contributed by atoms with Crippen LogP contribution in [0.5, 0.6) is 5.75 Å². The van der Waals surface area contributed by atoms with Crippen molar-refractivity contribution >= 4 is 35.3 Å². The van der Waals surface area contributed by atoms with Crippen LogP contribution in [0.25, 0.3) is 6.08 Å². The Labute approximate surface area is 186 Å². The molecule has 0 unspecified atom stereocenters. The quantitative estimate of drug-likeness (QED) is 0.539. The van der Waals surface area contributed by atoms with E-state index in [-0.39, 0.29) is 12.2 Å². The predicted molar refractivity (Wildman–Crippen MR) is 122 cm³/mol. The van der Waals surface area contributed by atoms with Crippen LogP contribution in [0.4, 0.5) is 16.2 Å². The van der Waals surface area contributed by atoms with Gasteiger partial charge in [0.15, 0.2) is 0 Å². The Morgan fingerprint density at radius 2 is 1.94 bits per heavy atom. The Kier molecular flexibility index (Phi) is 6.11. The summed E-state index contributed by atoms with van der Waals surface area (Å²) in [6.07, 6.45) is 3.91. The van der Waals surface area contributed by atoms with Gasteiger partial charge in [0.1, 0.15) is 18.0 Å². The third-order valence-electron chi connectivity index (χ3n) is 5.55. The molecular formula is C24H26N4O4. The maximum absolute atomic E-state index is 12.8. The third kappa shape index (κ3) is 4.59. The van der Waals surface area contributed by atoms with E-state index in [1.165, 1.54) is 12.8 Å². The highest BCUT2D eigenvalue weighted by molar-refractivity contribution is 6.16. The highest BCUT2D eigenvalue weighted by atomic mass is 16.5. The first-order valence-corrected chi connectivity index (χ1v) is 10.6. The van der Waals surface area contributed by atoms with Gasteiger partial charge in [0.2, 0.25) is 5.91 Å². The van der Waals surface area contributed by atoms with Crippen molar-refractivity contribution in [3.63, 3.8) is 0 Å². The zero-order chi connectivity index (χ0) is 22.7. The molecule has 2 aliphatic rings. The van der Waals surface area contributed by atoms with Crippen LogP contribution in [0.2, 0.25) is 0 Å². The summed E-state index contributed by atoms with van der Waals surface area (Å²) in [6.45, 7) is 3.56. The topological polar surface area (TPSA) is 91.0 Å². The molecule has 2 saturated heterocycles. The Bertz CT molecular complexity index is 1090. The molecule has 166 valence electrons. The smallest absolute Gasteiger partial charge is 0.329 e. The third-order valence-corrected chi connectivity index (χ3v) is 5.55. The first kappa shape index (κ1) is 21.4. The maximum Gasteiger partial charge on any atom is 0.329 e. The molecule has 0 bridgehead atoms. The number of carbonyl (C=O) groups is 3. The number of nitrogens with one attached hydrogen (secondary N) is 2. The number of carbonyl (C=O) groups excluding carboxylic acids is 3. The van der Waals surface area contributed by atoms with Gasteiger partial charge in [-0.2, -0.15) is 0 Å². The summed E-state index contributed by atoms with van der Waals surface area (Å²) in [6, 6.07) is 12.5. The van der Waals surface area contributed by atoms with E-state index in [0.717, 1.165) is 29.2 Å². The number of hydrogen-bond acceptors (Lipinski definition) is 5. The van der Waals surface area contributed by atoms with Crippen molar-refractivity contribution < 1.29 is 19.1 Å². The van der Waals surface area contributed by atoms with E-state index >= 15 is 0 Å².